The van der Waals surface area contributed by atoms with Gasteiger partial charge in [0.1, 0.15) is 6.07 Å². The Hall–Kier alpha value is -2.60. The van der Waals surface area contributed by atoms with E-state index in [-0.39, 0.29) is 0 Å². The Morgan fingerprint density at radius 1 is 1.06 bits per heavy atom. The summed E-state index contributed by atoms with van der Waals surface area (Å²) in [7, 11) is 0. The SMILES string of the molecule is Cc1ccc2cc(-c3cc(C#N)n[nH]3)ccc2c1. The Balaban J connectivity index is 2.13. The summed E-state index contributed by atoms with van der Waals surface area (Å²) >= 11 is 0. The number of aromatic amines is 1. The van der Waals surface area contributed by atoms with Gasteiger partial charge in [0.25, 0.3) is 0 Å². The lowest BCUT2D eigenvalue weighted by molar-refractivity contribution is 1.08. The van der Waals surface area contributed by atoms with E-state index in [1.54, 1.807) is 6.07 Å². The van der Waals surface area contributed by atoms with Gasteiger partial charge >= 0.3 is 0 Å². The van der Waals surface area contributed by atoms with Crippen molar-refractivity contribution in [3.05, 3.63) is 53.7 Å². The molecule has 1 aromatic heterocycles. The topological polar surface area (TPSA) is 52.5 Å². The van der Waals surface area contributed by atoms with Crippen molar-refractivity contribution in [2.75, 3.05) is 0 Å². The molecular weight excluding hydrogens is 222 g/mol. The molecule has 1 N–H and O–H groups in total. The highest BCUT2D eigenvalue weighted by atomic mass is 15.1. The molecule has 0 saturated carbocycles. The molecule has 0 aliphatic carbocycles. The molecule has 0 unspecified atom stereocenters. The number of fused-ring (bicyclic) bond motifs is 1. The summed E-state index contributed by atoms with van der Waals surface area (Å²) < 4.78 is 0. The second kappa shape index (κ2) is 4.01. The van der Waals surface area contributed by atoms with Crippen LogP contribution in [0.4, 0.5) is 0 Å². The summed E-state index contributed by atoms with van der Waals surface area (Å²) in [6, 6.07) is 16.4. The molecule has 1 heterocycles. The van der Waals surface area contributed by atoms with E-state index < -0.39 is 0 Å². The molecule has 3 nitrogen and oxygen atoms in total. The molecule has 0 saturated heterocycles. The molecular formula is C15H11N3. The molecule has 0 aliphatic heterocycles. The van der Waals surface area contributed by atoms with Crippen LogP contribution in [0.15, 0.2) is 42.5 Å². The molecule has 0 atom stereocenters. The predicted molar refractivity (Wildman–Crippen MR) is 71.0 cm³/mol. The zero-order valence-electron chi connectivity index (χ0n) is 9.94. The number of nitriles is 1. The maximum atomic E-state index is 8.77. The van der Waals surface area contributed by atoms with Gasteiger partial charge < -0.3 is 0 Å². The van der Waals surface area contributed by atoms with E-state index in [0.29, 0.717) is 5.69 Å². The van der Waals surface area contributed by atoms with Crippen molar-refractivity contribution in [1.29, 1.82) is 5.26 Å². The molecule has 0 spiro atoms. The van der Waals surface area contributed by atoms with Gasteiger partial charge in [-0.3, -0.25) is 5.10 Å². The summed E-state index contributed by atoms with van der Waals surface area (Å²) in [5.74, 6) is 0. The van der Waals surface area contributed by atoms with Gasteiger partial charge in [0.05, 0.1) is 5.69 Å². The van der Waals surface area contributed by atoms with E-state index in [1.807, 2.05) is 12.1 Å². The highest BCUT2D eigenvalue weighted by molar-refractivity contribution is 5.87. The van der Waals surface area contributed by atoms with Crippen molar-refractivity contribution in [3.8, 4) is 17.3 Å². The maximum absolute atomic E-state index is 8.77. The lowest BCUT2D eigenvalue weighted by Crippen LogP contribution is -1.80. The summed E-state index contributed by atoms with van der Waals surface area (Å²) in [5.41, 5.74) is 3.58. The summed E-state index contributed by atoms with van der Waals surface area (Å²) in [4.78, 5) is 0. The molecule has 0 bridgehead atoms. The molecule has 3 aromatic rings. The molecule has 3 heteroatoms. The van der Waals surface area contributed by atoms with Crippen LogP contribution >= 0.6 is 0 Å². The van der Waals surface area contributed by atoms with Crippen LogP contribution in [0.3, 0.4) is 0 Å². The standard InChI is InChI=1S/C15H11N3/c1-10-2-3-12-7-13(5-4-11(12)6-10)15-8-14(9-16)17-18-15/h2-8H,1H3,(H,17,18). The highest BCUT2D eigenvalue weighted by Gasteiger charge is 2.04. The first kappa shape index (κ1) is 10.5. The molecule has 2 aromatic carbocycles. The number of aryl methyl sites for hydroxylation is 1. The number of aromatic nitrogens is 2. The number of nitrogens with zero attached hydrogens (tertiary/aromatic N) is 2. The van der Waals surface area contributed by atoms with Crippen LogP contribution in [0.25, 0.3) is 22.0 Å². The molecule has 0 amide bonds. The fourth-order valence-corrected chi connectivity index (χ4v) is 2.06. The summed E-state index contributed by atoms with van der Waals surface area (Å²) in [6.07, 6.45) is 0. The zero-order valence-corrected chi connectivity index (χ0v) is 9.94. The minimum atomic E-state index is 0.411. The van der Waals surface area contributed by atoms with Crippen molar-refractivity contribution in [2.45, 2.75) is 6.92 Å². The van der Waals surface area contributed by atoms with E-state index in [1.165, 1.54) is 16.3 Å². The van der Waals surface area contributed by atoms with Gasteiger partial charge in [0.2, 0.25) is 0 Å². The Labute approximate surface area is 105 Å². The number of H-pyrrole nitrogens is 1. The van der Waals surface area contributed by atoms with E-state index in [0.717, 1.165) is 11.3 Å². The fourth-order valence-electron chi connectivity index (χ4n) is 2.06. The molecule has 0 aliphatic rings. The molecule has 86 valence electrons. The average molecular weight is 233 g/mol. The number of nitrogens with one attached hydrogen (secondary N) is 1. The van der Waals surface area contributed by atoms with E-state index in [4.69, 9.17) is 5.26 Å². The van der Waals surface area contributed by atoms with Crippen LogP contribution in [-0.4, -0.2) is 10.2 Å². The summed E-state index contributed by atoms with van der Waals surface area (Å²) in [5, 5.41) is 18.0. The predicted octanol–water partition coefficient (Wildman–Crippen LogP) is 3.41. The second-order valence-corrected chi connectivity index (χ2v) is 4.34. The van der Waals surface area contributed by atoms with Crippen molar-refractivity contribution >= 4 is 10.8 Å². The highest BCUT2D eigenvalue weighted by Crippen LogP contribution is 2.24. The zero-order chi connectivity index (χ0) is 12.5. The molecule has 0 radical (unpaired) electrons. The smallest absolute Gasteiger partial charge is 0.162 e. The van der Waals surface area contributed by atoms with Gasteiger partial charge in [0, 0.05) is 11.6 Å². The third-order valence-corrected chi connectivity index (χ3v) is 3.00. The van der Waals surface area contributed by atoms with Crippen molar-refractivity contribution in [3.63, 3.8) is 0 Å². The van der Waals surface area contributed by atoms with Crippen LogP contribution in [-0.2, 0) is 0 Å². The lowest BCUT2D eigenvalue weighted by Gasteiger charge is -2.02. The molecule has 0 fully saturated rings. The molecule has 18 heavy (non-hydrogen) atoms. The average Bonchev–Trinajstić information content (AvgIpc) is 2.87. The maximum Gasteiger partial charge on any atom is 0.162 e. The second-order valence-electron chi connectivity index (χ2n) is 4.34. The van der Waals surface area contributed by atoms with Crippen LogP contribution < -0.4 is 0 Å². The van der Waals surface area contributed by atoms with Crippen molar-refractivity contribution < 1.29 is 0 Å². The first-order chi connectivity index (χ1) is 8.76. The monoisotopic (exact) mass is 233 g/mol. The van der Waals surface area contributed by atoms with E-state index in [9.17, 15) is 0 Å². The quantitative estimate of drug-likeness (QED) is 0.700. The van der Waals surface area contributed by atoms with Crippen LogP contribution in [0, 0.1) is 18.3 Å². The van der Waals surface area contributed by atoms with Gasteiger partial charge in [-0.05, 0) is 23.8 Å². The van der Waals surface area contributed by atoms with Crippen molar-refractivity contribution in [1.82, 2.24) is 10.2 Å². The van der Waals surface area contributed by atoms with Crippen LogP contribution in [0.5, 0.6) is 0 Å². The van der Waals surface area contributed by atoms with Crippen LogP contribution in [0.1, 0.15) is 11.3 Å². The first-order valence-corrected chi connectivity index (χ1v) is 5.72. The van der Waals surface area contributed by atoms with Gasteiger partial charge in [0.15, 0.2) is 5.69 Å². The third kappa shape index (κ3) is 1.74. The largest absolute Gasteiger partial charge is 0.277 e. The van der Waals surface area contributed by atoms with Gasteiger partial charge in [-0.2, -0.15) is 10.4 Å². The first-order valence-electron chi connectivity index (χ1n) is 5.72. The fraction of sp³-hybridized carbons (Fsp3) is 0.0667. The van der Waals surface area contributed by atoms with E-state index in [2.05, 4.69) is 47.5 Å². The Bertz CT molecular complexity index is 763. The van der Waals surface area contributed by atoms with Crippen LogP contribution in [0.2, 0.25) is 0 Å². The third-order valence-electron chi connectivity index (χ3n) is 3.00. The normalized spacial score (nSPS) is 10.4. The summed E-state index contributed by atoms with van der Waals surface area (Å²) in [6.45, 7) is 2.08. The lowest BCUT2D eigenvalue weighted by atomic mass is 10.0. The van der Waals surface area contributed by atoms with Crippen molar-refractivity contribution in [2.24, 2.45) is 0 Å². The Kier molecular flexibility index (Phi) is 2.35. The number of rotatable bonds is 1. The molecule has 3 rings (SSSR count). The van der Waals surface area contributed by atoms with Gasteiger partial charge in [-0.1, -0.05) is 35.9 Å². The van der Waals surface area contributed by atoms with Gasteiger partial charge in [-0.25, -0.2) is 0 Å². The number of hydrogen-bond donors (Lipinski definition) is 1. The Morgan fingerprint density at radius 3 is 2.61 bits per heavy atom. The minimum absolute atomic E-state index is 0.411. The number of hydrogen-bond acceptors (Lipinski definition) is 2. The Morgan fingerprint density at radius 2 is 1.83 bits per heavy atom. The number of benzene rings is 2. The minimum Gasteiger partial charge on any atom is -0.277 e. The van der Waals surface area contributed by atoms with E-state index >= 15 is 0 Å². The van der Waals surface area contributed by atoms with Gasteiger partial charge in [-0.15, -0.1) is 0 Å².